The number of nitrogen functional groups attached to an aromatic ring is 1. The van der Waals surface area contributed by atoms with Gasteiger partial charge in [0, 0.05) is 13.1 Å². The largest absolute Gasteiger partial charge is 0.387 e. The van der Waals surface area contributed by atoms with E-state index in [1.54, 1.807) is 0 Å². The number of anilines is 3. The molecular formula is C19H23N7O9. The Balaban J connectivity index is 1.25. The van der Waals surface area contributed by atoms with E-state index in [9.17, 15) is 35.1 Å². The number of aliphatic hydroxyl groups excluding tert-OH is 5. The summed E-state index contributed by atoms with van der Waals surface area (Å²) in [6, 6.07) is 0. The van der Waals surface area contributed by atoms with Gasteiger partial charge >= 0.3 is 0 Å². The molecule has 4 heterocycles. The molecule has 0 unspecified atom stereocenters. The Labute approximate surface area is 195 Å². The van der Waals surface area contributed by atoms with E-state index in [1.807, 2.05) is 0 Å². The smallest absolute Gasteiger partial charge is 0.253 e. The van der Waals surface area contributed by atoms with Gasteiger partial charge in [0.1, 0.15) is 59.8 Å². The number of rotatable bonds is 7. The number of hydrogen-bond acceptors (Lipinski definition) is 15. The minimum atomic E-state index is -1.57. The van der Waals surface area contributed by atoms with Crippen LogP contribution >= 0.6 is 0 Å². The van der Waals surface area contributed by atoms with Crippen LogP contribution < -0.4 is 27.2 Å². The fourth-order valence-electron chi connectivity index (χ4n) is 4.22. The first kappa shape index (κ1) is 23.5. The summed E-state index contributed by atoms with van der Waals surface area (Å²) in [7, 11) is 0. The second-order valence-corrected chi connectivity index (χ2v) is 8.35. The normalized spacial score (nSPS) is 33.1. The van der Waals surface area contributed by atoms with Crippen molar-refractivity contribution in [3.63, 3.8) is 0 Å². The van der Waals surface area contributed by atoms with Gasteiger partial charge < -0.3 is 51.4 Å². The summed E-state index contributed by atoms with van der Waals surface area (Å²) >= 11 is 0. The van der Waals surface area contributed by atoms with Crippen LogP contribution in [0.4, 0.5) is 17.2 Å². The zero-order chi connectivity index (χ0) is 25.0. The van der Waals surface area contributed by atoms with Crippen molar-refractivity contribution in [2.75, 3.05) is 29.5 Å². The highest BCUT2D eigenvalue weighted by Crippen LogP contribution is 2.32. The third-order valence-electron chi connectivity index (χ3n) is 6.21. The van der Waals surface area contributed by atoms with Gasteiger partial charge in [0.05, 0.1) is 6.33 Å². The molecule has 0 bridgehead atoms. The van der Waals surface area contributed by atoms with E-state index >= 15 is 0 Å². The van der Waals surface area contributed by atoms with Gasteiger partial charge in [-0.05, 0) is 0 Å². The van der Waals surface area contributed by atoms with Crippen LogP contribution in [0.15, 0.2) is 22.2 Å². The molecule has 2 saturated heterocycles. The second kappa shape index (κ2) is 8.76. The standard InChI is InChI=1S/C19H23N7O9/c20-16-9-17(24-3-23-16)26(4-25-9)18-14(31)10(27)5(34-18)1-21-7-8(13(30)12(7)29)22-2-6-11(28)15(32)19(33)35-6/h3-6,10-11,14-15,18-19,21-22,27-28,31-33H,1-2H2,(H2,20,23,24)/t5-,6-,10-,11-,14-,15-,18-,19-/m1/s1. The summed E-state index contributed by atoms with van der Waals surface area (Å²) in [6.07, 6.45) is -7.65. The number of nitrogens with zero attached hydrogens (tertiary/aromatic N) is 4. The topological polar surface area (TPSA) is 247 Å². The van der Waals surface area contributed by atoms with Crippen LogP contribution in [0.5, 0.6) is 0 Å². The van der Waals surface area contributed by atoms with Crippen molar-refractivity contribution >= 4 is 28.4 Å². The Morgan fingerprint density at radius 2 is 1.46 bits per heavy atom. The third-order valence-corrected chi connectivity index (χ3v) is 6.21. The van der Waals surface area contributed by atoms with Crippen molar-refractivity contribution in [2.45, 2.75) is 49.1 Å². The number of aromatic nitrogens is 4. The number of ether oxygens (including phenoxy) is 2. The molecule has 0 aliphatic carbocycles. The highest BCUT2D eigenvalue weighted by Gasteiger charge is 2.45. The van der Waals surface area contributed by atoms with Crippen LogP contribution in [0, 0.1) is 0 Å². The molecule has 188 valence electrons. The molecule has 5 rings (SSSR count). The van der Waals surface area contributed by atoms with Crippen LogP contribution in [-0.4, -0.2) is 101 Å². The Hall–Kier alpha value is -3.25. The molecule has 35 heavy (non-hydrogen) atoms. The molecule has 9 N–H and O–H groups in total. The van der Waals surface area contributed by atoms with Crippen LogP contribution in [0.25, 0.3) is 11.2 Å². The Morgan fingerprint density at radius 1 is 0.857 bits per heavy atom. The number of fused-ring (bicyclic) bond motifs is 1. The molecule has 0 amide bonds. The maximum absolute atomic E-state index is 12.1. The molecule has 2 fully saturated rings. The van der Waals surface area contributed by atoms with E-state index in [1.165, 1.54) is 17.2 Å². The van der Waals surface area contributed by atoms with Crippen LogP contribution in [0.3, 0.4) is 0 Å². The minimum Gasteiger partial charge on any atom is -0.387 e. The predicted octanol–water partition coefficient (Wildman–Crippen LogP) is -4.41. The van der Waals surface area contributed by atoms with Crippen LogP contribution in [0.2, 0.25) is 0 Å². The fourth-order valence-corrected chi connectivity index (χ4v) is 4.22. The maximum Gasteiger partial charge on any atom is 0.253 e. The van der Waals surface area contributed by atoms with Crippen molar-refractivity contribution in [1.29, 1.82) is 0 Å². The number of hydrogen-bond donors (Lipinski definition) is 8. The van der Waals surface area contributed by atoms with E-state index in [0.717, 1.165) is 0 Å². The van der Waals surface area contributed by atoms with E-state index in [-0.39, 0.29) is 30.3 Å². The van der Waals surface area contributed by atoms with Gasteiger partial charge in [-0.3, -0.25) is 14.2 Å². The van der Waals surface area contributed by atoms with Gasteiger partial charge in [-0.1, -0.05) is 0 Å². The molecule has 2 aliphatic rings. The average molecular weight is 493 g/mol. The number of nitrogens with one attached hydrogen (secondary N) is 2. The summed E-state index contributed by atoms with van der Waals surface area (Å²) in [6.45, 7) is -0.311. The zero-order valence-electron chi connectivity index (χ0n) is 17.9. The van der Waals surface area contributed by atoms with E-state index in [0.29, 0.717) is 11.2 Å². The molecule has 16 nitrogen and oxygen atoms in total. The molecule has 2 aliphatic heterocycles. The van der Waals surface area contributed by atoms with Gasteiger partial charge in [0.25, 0.3) is 10.9 Å². The molecule has 0 saturated carbocycles. The lowest BCUT2D eigenvalue weighted by molar-refractivity contribution is -0.124. The molecular weight excluding hydrogens is 470 g/mol. The van der Waals surface area contributed by atoms with Gasteiger partial charge in [0.2, 0.25) is 0 Å². The average Bonchev–Trinajstić information content (AvgIpc) is 3.47. The first-order chi connectivity index (χ1) is 16.7. The van der Waals surface area contributed by atoms with Gasteiger partial charge in [-0.2, -0.15) is 0 Å². The minimum absolute atomic E-state index is 0.0779. The van der Waals surface area contributed by atoms with Crippen LogP contribution in [-0.2, 0) is 9.47 Å². The Morgan fingerprint density at radius 3 is 2.06 bits per heavy atom. The molecule has 2 aromatic heterocycles. The summed E-state index contributed by atoms with van der Waals surface area (Å²) in [5.41, 5.74) is 4.59. The summed E-state index contributed by atoms with van der Waals surface area (Å²) in [4.78, 5) is 36.1. The highest BCUT2D eigenvalue weighted by atomic mass is 16.6. The van der Waals surface area contributed by atoms with Crippen molar-refractivity contribution in [1.82, 2.24) is 19.5 Å². The van der Waals surface area contributed by atoms with Crippen molar-refractivity contribution < 1.29 is 35.0 Å². The number of imidazole rings is 1. The molecule has 0 spiro atoms. The Kier molecular flexibility index (Phi) is 5.88. The van der Waals surface area contributed by atoms with Crippen LogP contribution in [0.1, 0.15) is 6.23 Å². The molecule has 0 radical (unpaired) electrons. The molecule has 8 atom stereocenters. The monoisotopic (exact) mass is 493 g/mol. The predicted molar refractivity (Wildman–Crippen MR) is 117 cm³/mol. The lowest BCUT2D eigenvalue weighted by atomic mass is 10.1. The SMILES string of the molecule is Nc1ncnc2c1ncn2[C@@H]1O[C@H](CNc2c(NC[C@H]3O[C@@H](O)[C@H](O)[C@@H]3O)c(=O)c2=O)[C@@H](O)[C@H]1O. The van der Waals surface area contributed by atoms with E-state index < -0.39 is 60.0 Å². The molecule has 1 aromatic carbocycles. The highest BCUT2D eigenvalue weighted by molar-refractivity contribution is 5.81. The first-order valence-electron chi connectivity index (χ1n) is 10.6. The molecule has 16 heteroatoms. The van der Waals surface area contributed by atoms with Gasteiger partial charge in [-0.25, -0.2) is 15.0 Å². The van der Waals surface area contributed by atoms with Gasteiger partial charge in [-0.15, -0.1) is 0 Å². The summed E-state index contributed by atoms with van der Waals surface area (Å²) < 4.78 is 12.2. The van der Waals surface area contributed by atoms with Crippen molar-refractivity contribution in [3.8, 4) is 0 Å². The zero-order valence-corrected chi connectivity index (χ0v) is 17.9. The third kappa shape index (κ3) is 3.80. The second-order valence-electron chi connectivity index (χ2n) is 8.35. The van der Waals surface area contributed by atoms with Gasteiger partial charge in [0.15, 0.2) is 24.0 Å². The van der Waals surface area contributed by atoms with Crippen molar-refractivity contribution in [3.05, 3.63) is 33.1 Å². The molecule has 3 aromatic rings. The number of nitrogens with two attached hydrogens (primary N) is 1. The lowest BCUT2D eigenvalue weighted by Gasteiger charge is -2.21. The van der Waals surface area contributed by atoms with Crippen molar-refractivity contribution in [2.24, 2.45) is 0 Å². The Bertz CT molecular complexity index is 1310. The first-order valence-corrected chi connectivity index (χ1v) is 10.6. The number of aliphatic hydroxyl groups is 5. The maximum atomic E-state index is 12.1. The summed E-state index contributed by atoms with van der Waals surface area (Å²) in [5.74, 6) is 0.139. The van der Waals surface area contributed by atoms with E-state index in [2.05, 4.69) is 25.6 Å². The van der Waals surface area contributed by atoms with E-state index in [4.69, 9.17) is 15.2 Å². The fraction of sp³-hybridized carbons (Fsp3) is 0.526. The quantitative estimate of drug-likeness (QED) is 0.145. The summed E-state index contributed by atoms with van der Waals surface area (Å²) in [5, 5.41) is 55.3. The lowest BCUT2D eigenvalue weighted by Crippen LogP contribution is -2.42.